The first-order valence-corrected chi connectivity index (χ1v) is 7.91. The molecule has 118 valence electrons. The highest BCUT2D eigenvalue weighted by molar-refractivity contribution is 6.11. The van der Waals surface area contributed by atoms with Gasteiger partial charge in [0.05, 0.1) is 5.69 Å². The van der Waals surface area contributed by atoms with Gasteiger partial charge in [-0.25, -0.2) is 0 Å². The summed E-state index contributed by atoms with van der Waals surface area (Å²) in [5.74, 6) is 0.0811. The Labute approximate surface area is 135 Å². The van der Waals surface area contributed by atoms with E-state index >= 15 is 0 Å². The maximum absolute atomic E-state index is 12.6. The number of fused-ring (bicyclic) bond motifs is 1. The van der Waals surface area contributed by atoms with Gasteiger partial charge in [-0.2, -0.15) is 0 Å². The molecule has 1 aromatic heterocycles. The first-order valence-electron chi connectivity index (χ1n) is 7.91. The molecule has 2 aromatic carbocycles. The molecule has 1 amide bonds. The highest BCUT2D eigenvalue weighted by atomic mass is 16.3. The van der Waals surface area contributed by atoms with Crippen molar-refractivity contribution in [3.8, 4) is 0 Å². The maximum Gasteiger partial charge on any atom is 0.293 e. The summed E-state index contributed by atoms with van der Waals surface area (Å²) in [5.41, 5.74) is 2.23. The molecular weight excluding hydrogens is 288 g/mol. The smallest absolute Gasteiger partial charge is 0.293 e. The van der Waals surface area contributed by atoms with Crippen molar-refractivity contribution in [1.82, 2.24) is 0 Å². The van der Waals surface area contributed by atoms with Crippen LogP contribution in [0.15, 0.2) is 59.0 Å². The Balaban J connectivity index is 1.92. The first-order chi connectivity index (χ1) is 11.3. The number of hydrogen-bond acceptors (Lipinski definition) is 3. The molecule has 4 heteroatoms. The average molecular weight is 308 g/mol. The number of nitrogens with one attached hydrogen (secondary N) is 2. The number of carbonyl (C=O) groups is 1. The van der Waals surface area contributed by atoms with Crippen molar-refractivity contribution in [3.63, 3.8) is 0 Å². The highest BCUT2D eigenvalue weighted by Crippen LogP contribution is 2.31. The monoisotopic (exact) mass is 308 g/mol. The molecule has 0 bridgehead atoms. The fraction of sp³-hybridized carbons (Fsp3) is 0.211. The Morgan fingerprint density at radius 1 is 1.04 bits per heavy atom. The summed E-state index contributed by atoms with van der Waals surface area (Å²) >= 11 is 0. The van der Waals surface area contributed by atoms with Crippen molar-refractivity contribution in [1.29, 1.82) is 0 Å². The lowest BCUT2D eigenvalue weighted by Crippen LogP contribution is -2.13. The van der Waals surface area contributed by atoms with E-state index in [0.29, 0.717) is 11.3 Å². The van der Waals surface area contributed by atoms with E-state index in [2.05, 4.69) is 17.6 Å². The van der Waals surface area contributed by atoms with Gasteiger partial charge < -0.3 is 15.1 Å². The number of hydrogen-bond donors (Lipinski definition) is 2. The molecule has 2 N–H and O–H groups in total. The Morgan fingerprint density at radius 3 is 2.57 bits per heavy atom. The van der Waals surface area contributed by atoms with Gasteiger partial charge in [0.1, 0.15) is 5.58 Å². The third kappa shape index (κ3) is 3.37. The quantitative estimate of drug-likeness (QED) is 0.637. The van der Waals surface area contributed by atoms with Crippen molar-refractivity contribution >= 4 is 28.3 Å². The molecule has 3 rings (SSSR count). The lowest BCUT2D eigenvalue weighted by Gasteiger charge is -2.07. The average Bonchev–Trinajstić information content (AvgIpc) is 2.95. The summed E-state index contributed by atoms with van der Waals surface area (Å²) in [5, 5.41) is 7.16. The van der Waals surface area contributed by atoms with Crippen molar-refractivity contribution in [2.24, 2.45) is 0 Å². The minimum absolute atomic E-state index is 0.244. The van der Waals surface area contributed by atoms with Crippen LogP contribution in [0.3, 0.4) is 0 Å². The van der Waals surface area contributed by atoms with E-state index in [-0.39, 0.29) is 5.91 Å². The molecular formula is C19H20N2O2. The van der Waals surface area contributed by atoms with Crippen molar-refractivity contribution in [2.45, 2.75) is 19.8 Å². The fourth-order valence-corrected chi connectivity index (χ4v) is 2.48. The van der Waals surface area contributed by atoms with Crippen molar-refractivity contribution < 1.29 is 9.21 Å². The molecule has 0 saturated carbocycles. The summed E-state index contributed by atoms with van der Waals surface area (Å²) < 4.78 is 5.79. The predicted octanol–water partition coefficient (Wildman–Crippen LogP) is 4.90. The summed E-state index contributed by atoms with van der Waals surface area (Å²) in [4.78, 5) is 12.6. The van der Waals surface area contributed by atoms with Crippen LogP contribution in [0, 0.1) is 0 Å². The molecule has 0 aliphatic heterocycles. The van der Waals surface area contributed by atoms with E-state index in [1.54, 1.807) is 0 Å². The van der Waals surface area contributed by atoms with Crippen LogP contribution in [0.25, 0.3) is 11.0 Å². The number of furan rings is 1. The SMILES string of the molecule is CCCCNc1c(C(=O)Nc2ccccc2)oc2ccccc12. The summed E-state index contributed by atoms with van der Waals surface area (Å²) in [6.07, 6.45) is 2.13. The van der Waals surface area contributed by atoms with Crippen LogP contribution in [0.2, 0.25) is 0 Å². The predicted molar refractivity (Wildman–Crippen MR) is 94.0 cm³/mol. The van der Waals surface area contributed by atoms with Gasteiger partial charge in [0, 0.05) is 17.6 Å². The molecule has 0 spiro atoms. The number of carbonyl (C=O) groups excluding carboxylic acids is 1. The van der Waals surface area contributed by atoms with E-state index < -0.39 is 0 Å². The maximum atomic E-state index is 12.6. The molecule has 0 fully saturated rings. The molecule has 3 aromatic rings. The molecule has 0 saturated heterocycles. The minimum atomic E-state index is -0.244. The van der Waals surface area contributed by atoms with Crippen LogP contribution in [0.4, 0.5) is 11.4 Å². The summed E-state index contributed by atoms with van der Waals surface area (Å²) in [7, 11) is 0. The summed E-state index contributed by atoms with van der Waals surface area (Å²) in [6, 6.07) is 17.1. The lowest BCUT2D eigenvalue weighted by molar-refractivity contribution is 0.0999. The van der Waals surface area contributed by atoms with E-state index in [1.807, 2.05) is 54.6 Å². The van der Waals surface area contributed by atoms with Gasteiger partial charge in [-0.1, -0.05) is 43.7 Å². The molecule has 4 nitrogen and oxygen atoms in total. The first kappa shape index (κ1) is 15.2. The normalized spacial score (nSPS) is 10.7. The van der Waals surface area contributed by atoms with Crippen LogP contribution < -0.4 is 10.6 Å². The summed E-state index contributed by atoms with van der Waals surface area (Å²) in [6.45, 7) is 2.95. The minimum Gasteiger partial charge on any atom is -0.449 e. The van der Waals surface area contributed by atoms with E-state index in [1.165, 1.54) is 0 Å². The number of unbranched alkanes of at least 4 members (excludes halogenated alkanes) is 1. The third-order valence-corrected chi connectivity index (χ3v) is 3.67. The zero-order valence-electron chi connectivity index (χ0n) is 13.1. The van der Waals surface area contributed by atoms with Gasteiger partial charge >= 0.3 is 0 Å². The van der Waals surface area contributed by atoms with Crippen LogP contribution in [-0.2, 0) is 0 Å². The van der Waals surface area contributed by atoms with Gasteiger partial charge in [-0.05, 0) is 30.7 Å². The number of rotatable bonds is 6. The molecule has 0 aliphatic carbocycles. The molecule has 1 heterocycles. The Hall–Kier alpha value is -2.75. The van der Waals surface area contributed by atoms with E-state index in [9.17, 15) is 4.79 Å². The second kappa shape index (κ2) is 7.01. The number of amides is 1. The Morgan fingerprint density at radius 2 is 1.78 bits per heavy atom. The zero-order valence-corrected chi connectivity index (χ0v) is 13.1. The van der Waals surface area contributed by atoms with Crippen LogP contribution in [0.5, 0.6) is 0 Å². The standard InChI is InChI=1S/C19H20N2O2/c1-2-3-13-20-17-15-11-7-8-12-16(15)23-18(17)19(22)21-14-9-5-4-6-10-14/h4-12,20H,2-3,13H2,1H3,(H,21,22). The number of para-hydroxylation sites is 2. The lowest BCUT2D eigenvalue weighted by atomic mass is 10.2. The molecule has 23 heavy (non-hydrogen) atoms. The van der Waals surface area contributed by atoms with Gasteiger partial charge in [0.15, 0.2) is 0 Å². The van der Waals surface area contributed by atoms with E-state index in [0.717, 1.165) is 36.1 Å². The van der Waals surface area contributed by atoms with Crippen molar-refractivity contribution in [3.05, 3.63) is 60.4 Å². The topological polar surface area (TPSA) is 54.3 Å². The highest BCUT2D eigenvalue weighted by Gasteiger charge is 2.20. The Bertz CT molecular complexity index is 793. The molecule has 0 radical (unpaired) electrons. The van der Waals surface area contributed by atoms with Gasteiger partial charge in [0.2, 0.25) is 5.76 Å². The third-order valence-electron chi connectivity index (χ3n) is 3.67. The van der Waals surface area contributed by atoms with Crippen LogP contribution >= 0.6 is 0 Å². The van der Waals surface area contributed by atoms with Crippen LogP contribution in [-0.4, -0.2) is 12.5 Å². The van der Waals surface area contributed by atoms with Crippen LogP contribution in [0.1, 0.15) is 30.3 Å². The second-order valence-electron chi connectivity index (χ2n) is 5.40. The number of benzene rings is 2. The largest absolute Gasteiger partial charge is 0.449 e. The van der Waals surface area contributed by atoms with Gasteiger partial charge in [-0.15, -0.1) is 0 Å². The molecule has 0 aliphatic rings. The number of anilines is 2. The van der Waals surface area contributed by atoms with Crippen molar-refractivity contribution in [2.75, 3.05) is 17.2 Å². The van der Waals surface area contributed by atoms with Gasteiger partial charge in [-0.3, -0.25) is 4.79 Å². The zero-order chi connectivity index (χ0) is 16.1. The second-order valence-corrected chi connectivity index (χ2v) is 5.40. The fourth-order valence-electron chi connectivity index (χ4n) is 2.48. The van der Waals surface area contributed by atoms with Gasteiger partial charge in [0.25, 0.3) is 5.91 Å². The molecule has 0 atom stereocenters. The van der Waals surface area contributed by atoms with E-state index in [4.69, 9.17) is 4.42 Å². The molecule has 0 unspecified atom stereocenters. The Kier molecular flexibility index (Phi) is 4.62.